The van der Waals surface area contributed by atoms with E-state index in [1.54, 1.807) is 11.3 Å². The zero-order valence-electron chi connectivity index (χ0n) is 12.8. The van der Waals surface area contributed by atoms with Gasteiger partial charge in [-0.1, -0.05) is 55.5 Å². The van der Waals surface area contributed by atoms with Crippen molar-refractivity contribution in [1.29, 1.82) is 0 Å². The lowest BCUT2D eigenvalue weighted by atomic mass is 10.1. The van der Waals surface area contributed by atoms with Crippen molar-refractivity contribution in [3.05, 3.63) is 64.5 Å². The predicted molar refractivity (Wildman–Crippen MR) is 96.7 cm³/mol. The topological polar surface area (TPSA) is 12.9 Å². The zero-order valence-corrected chi connectivity index (χ0v) is 14.3. The molecule has 0 unspecified atom stereocenters. The van der Waals surface area contributed by atoms with Crippen LogP contribution in [0, 0.1) is 6.92 Å². The average molecular weight is 328 g/mol. The number of halogens is 1. The third kappa shape index (κ3) is 2.94. The maximum Gasteiger partial charge on any atom is 0.124 e. The van der Waals surface area contributed by atoms with E-state index in [-0.39, 0.29) is 0 Å². The Balaban J connectivity index is 2.06. The smallest absolute Gasteiger partial charge is 0.124 e. The number of hydrogen-bond acceptors (Lipinski definition) is 2. The van der Waals surface area contributed by atoms with Gasteiger partial charge in [0.15, 0.2) is 0 Å². The highest BCUT2D eigenvalue weighted by atomic mass is 35.5. The highest BCUT2D eigenvalue weighted by molar-refractivity contribution is 7.15. The molecule has 0 aliphatic rings. The van der Waals surface area contributed by atoms with Crippen molar-refractivity contribution in [1.82, 2.24) is 4.98 Å². The van der Waals surface area contributed by atoms with Crippen LogP contribution in [0.3, 0.4) is 0 Å². The van der Waals surface area contributed by atoms with Crippen LogP contribution in [-0.2, 0) is 12.3 Å². The fourth-order valence-electron chi connectivity index (χ4n) is 2.49. The van der Waals surface area contributed by atoms with Crippen molar-refractivity contribution >= 4 is 22.9 Å². The second kappa shape index (κ2) is 6.64. The minimum atomic E-state index is 0.494. The van der Waals surface area contributed by atoms with E-state index in [0.29, 0.717) is 5.88 Å². The number of nitrogens with zero attached hydrogens (tertiary/aromatic N) is 1. The van der Waals surface area contributed by atoms with Crippen molar-refractivity contribution < 1.29 is 0 Å². The van der Waals surface area contributed by atoms with Crippen LogP contribution in [0.2, 0.25) is 0 Å². The Morgan fingerprint density at radius 3 is 2.41 bits per heavy atom. The van der Waals surface area contributed by atoms with Crippen LogP contribution >= 0.6 is 22.9 Å². The summed E-state index contributed by atoms with van der Waals surface area (Å²) in [5.41, 5.74) is 5.93. The third-order valence-electron chi connectivity index (χ3n) is 3.83. The molecule has 1 aromatic heterocycles. The first-order chi connectivity index (χ1) is 10.7. The molecule has 0 atom stereocenters. The molecule has 0 saturated heterocycles. The molecular formula is C19H18ClNS. The second-order valence-corrected chi connectivity index (χ2v) is 6.64. The van der Waals surface area contributed by atoms with Gasteiger partial charge in [-0.2, -0.15) is 0 Å². The molecule has 1 heterocycles. The summed E-state index contributed by atoms with van der Waals surface area (Å²) in [7, 11) is 0. The molecule has 22 heavy (non-hydrogen) atoms. The molecule has 3 aromatic rings. The number of thiazole rings is 1. The monoisotopic (exact) mass is 327 g/mol. The number of hydrogen-bond donors (Lipinski definition) is 0. The Hall–Kier alpha value is -1.64. The lowest BCUT2D eigenvalue weighted by Crippen LogP contribution is -1.86. The van der Waals surface area contributed by atoms with Crippen LogP contribution in [0.5, 0.6) is 0 Å². The molecule has 3 rings (SSSR count). The number of rotatable bonds is 4. The Bertz CT molecular complexity index is 774. The highest BCUT2D eigenvalue weighted by Crippen LogP contribution is 2.36. The number of benzene rings is 2. The number of alkyl halides is 1. The van der Waals surface area contributed by atoms with E-state index in [1.165, 1.54) is 16.7 Å². The molecule has 0 fully saturated rings. The van der Waals surface area contributed by atoms with Gasteiger partial charge < -0.3 is 0 Å². The highest BCUT2D eigenvalue weighted by Gasteiger charge is 2.14. The summed E-state index contributed by atoms with van der Waals surface area (Å²) in [4.78, 5) is 6.00. The summed E-state index contributed by atoms with van der Waals surface area (Å²) < 4.78 is 0. The molecule has 0 bridgehead atoms. The van der Waals surface area contributed by atoms with Gasteiger partial charge in [-0.05, 0) is 24.5 Å². The number of aromatic nitrogens is 1. The summed E-state index contributed by atoms with van der Waals surface area (Å²) in [5, 5.41) is 1.04. The van der Waals surface area contributed by atoms with Gasteiger partial charge in [-0.3, -0.25) is 0 Å². The van der Waals surface area contributed by atoms with Gasteiger partial charge in [0.1, 0.15) is 5.01 Å². The van der Waals surface area contributed by atoms with Gasteiger partial charge in [0.2, 0.25) is 0 Å². The van der Waals surface area contributed by atoms with Crippen LogP contribution in [-0.4, -0.2) is 4.98 Å². The van der Waals surface area contributed by atoms with Gasteiger partial charge in [-0.25, -0.2) is 4.98 Å². The maximum absolute atomic E-state index is 6.15. The standard InChI is InChI=1S/C19H18ClNS/c1-3-14-8-10-15(11-9-14)18-17(12-20)22-19(21-18)16-7-5-4-6-13(16)2/h4-11H,3,12H2,1-2H3. The van der Waals surface area contributed by atoms with E-state index >= 15 is 0 Å². The molecule has 0 N–H and O–H groups in total. The zero-order chi connectivity index (χ0) is 15.5. The SMILES string of the molecule is CCc1ccc(-c2nc(-c3ccccc3C)sc2CCl)cc1. The first kappa shape index (κ1) is 15.3. The molecule has 112 valence electrons. The molecule has 3 heteroatoms. The fraction of sp³-hybridized carbons (Fsp3) is 0.211. The molecule has 1 nitrogen and oxygen atoms in total. The first-order valence-corrected chi connectivity index (χ1v) is 8.79. The van der Waals surface area contributed by atoms with E-state index in [9.17, 15) is 0 Å². The lowest BCUT2D eigenvalue weighted by molar-refractivity contribution is 1.14. The Morgan fingerprint density at radius 1 is 1.05 bits per heavy atom. The van der Waals surface area contributed by atoms with E-state index in [2.05, 4.69) is 62.4 Å². The molecular weight excluding hydrogens is 310 g/mol. The maximum atomic E-state index is 6.15. The first-order valence-electron chi connectivity index (χ1n) is 7.44. The second-order valence-electron chi connectivity index (χ2n) is 5.29. The number of aryl methyl sites for hydroxylation is 2. The Kier molecular flexibility index (Phi) is 4.60. The molecule has 0 aliphatic heterocycles. The van der Waals surface area contributed by atoms with E-state index < -0.39 is 0 Å². The van der Waals surface area contributed by atoms with Crippen molar-refractivity contribution in [2.24, 2.45) is 0 Å². The van der Waals surface area contributed by atoms with Crippen LogP contribution in [0.1, 0.15) is 22.9 Å². The minimum absolute atomic E-state index is 0.494. The quantitative estimate of drug-likeness (QED) is 0.528. The summed E-state index contributed by atoms with van der Waals surface area (Å²) in [6.07, 6.45) is 1.05. The van der Waals surface area contributed by atoms with Gasteiger partial charge in [0.25, 0.3) is 0 Å². The largest absolute Gasteiger partial charge is 0.236 e. The molecule has 0 spiro atoms. The minimum Gasteiger partial charge on any atom is -0.236 e. The van der Waals surface area contributed by atoms with E-state index in [0.717, 1.165) is 27.6 Å². The van der Waals surface area contributed by atoms with Crippen molar-refractivity contribution in [3.63, 3.8) is 0 Å². The van der Waals surface area contributed by atoms with Gasteiger partial charge >= 0.3 is 0 Å². The van der Waals surface area contributed by atoms with Crippen molar-refractivity contribution in [2.75, 3.05) is 0 Å². The Morgan fingerprint density at radius 2 is 1.77 bits per heavy atom. The predicted octanol–water partition coefficient (Wildman–Crippen LogP) is 6.09. The third-order valence-corrected chi connectivity index (χ3v) is 5.34. The molecule has 0 radical (unpaired) electrons. The van der Waals surface area contributed by atoms with Crippen LogP contribution < -0.4 is 0 Å². The fourth-order valence-corrected chi connectivity index (χ4v) is 3.81. The Labute approximate surface area is 140 Å². The van der Waals surface area contributed by atoms with Crippen LogP contribution in [0.4, 0.5) is 0 Å². The van der Waals surface area contributed by atoms with Gasteiger partial charge in [0.05, 0.1) is 11.6 Å². The van der Waals surface area contributed by atoms with Crippen LogP contribution in [0.15, 0.2) is 48.5 Å². The van der Waals surface area contributed by atoms with Crippen molar-refractivity contribution in [2.45, 2.75) is 26.1 Å². The van der Waals surface area contributed by atoms with Gasteiger partial charge in [-0.15, -0.1) is 22.9 Å². The summed E-state index contributed by atoms with van der Waals surface area (Å²) in [5.74, 6) is 0.494. The van der Waals surface area contributed by atoms with Crippen LogP contribution in [0.25, 0.3) is 21.8 Å². The summed E-state index contributed by atoms with van der Waals surface area (Å²) >= 11 is 7.84. The molecule has 0 saturated carbocycles. The molecule has 0 aliphatic carbocycles. The molecule has 0 amide bonds. The van der Waals surface area contributed by atoms with Gasteiger partial charge in [0, 0.05) is 16.0 Å². The van der Waals surface area contributed by atoms with E-state index in [1.807, 2.05) is 0 Å². The summed E-state index contributed by atoms with van der Waals surface area (Å²) in [6.45, 7) is 4.28. The normalized spacial score (nSPS) is 10.9. The summed E-state index contributed by atoms with van der Waals surface area (Å²) in [6, 6.07) is 17.0. The van der Waals surface area contributed by atoms with E-state index in [4.69, 9.17) is 16.6 Å². The lowest BCUT2D eigenvalue weighted by Gasteiger charge is -2.02. The molecule has 2 aromatic carbocycles. The van der Waals surface area contributed by atoms with Crippen molar-refractivity contribution in [3.8, 4) is 21.8 Å². The average Bonchev–Trinajstić information content (AvgIpc) is 2.99.